The first-order valence-electron chi connectivity index (χ1n) is 9.69. The van der Waals surface area contributed by atoms with Crippen molar-refractivity contribution in [3.05, 3.63) is 17.5 Å². The maximum atomic E-state index is 5.67. The lowest BCUT2D eigenvalue weighted by Gasteiger charge is -2.14. The first-order valence-corrected chi connectivity index (χ1v) is 9.69. The number of hydrogen-bond acceptors (Lipinski definition) is 3. The van der Waals surface area contributed by atoms with Crippen LogP contribution in [0.2, 0.25) is 0 Å². The minimum atomic E-state index is 0. The van der Waals surface area contributed by atoms with Crippen molar-refractivity contribution < 1.29 is 4.74 Å². The summed E-state index contributed by atoms with van der Waals surface area (Å²) >= 11 is 0. The number of aromatic nitrogens is 2. The number of guanidine groups is 1. The summed E-state index contributed by atoms with van der Waals surface area (Å²) in [5.74, 6) is 2.18. The molecule has 0 aromatic carbocycles. The van der Waals surface area contributed by atoms with E-state index >= 15 is 0 Å². The second kappa shape index (κ2) is 12.5. The number of hydrogen-bond donors (Lipinski definition) is 2. The number of ether oxygens (including phenoxy) is 1. The van der Waals surface area contributed by atoms with Crippen LogP contribution in [0.15, 0.2) is 11.1 Å². The summed E-state index contributed by atoms with van der Waals surface area (Å²) in [5.41, 5.74) is 2.29. The van der Waals surface area contributed by atoms with E-state index in [2.05, 4.69) is 47.3 Å². The van der Waals surface area contributed by atoms with Crippen molar-refractivity contribution in [1.82, 2.24) is 20.4 Å². The monoisotopic (exact) mass is 477 g/mol. The Morgan fingerprint density at radius 3 is 2.77 bits per heavy atom. The summed E-state index contributed by atoms with van der Waals surface area (Å²) in [6.07, 6.45) is 3.72. The molecule has 0 saturated heterocycles. The molecule has 1 aromatic heterocycles. The standard InChI is InChI=1S/C19H35N5O.HI/c1-5-20-19(21-9-6-10-25-14-18-7-8-18)22-12-15(2)13-24-17(4)11-16(3)23-24;/h11,15,18H,5-10,12-14H2,1-4H3,(H2,20,21,22);1H. The summed E-state index contributed by atoms with van der Waals surface area (Å²) in [6.45, 7) is 13.7. The second-order valence-corrected chi connectivity index (χ2v) is 7.23. The van der Waals surface area contributed by atoms with Gasteiger partial charge in [-0.05, 0) is 57.9 Å². The van der Waals surface area contributed by atoms with Crippen molar-refractivity contribution in [3.8, 4) is 0 Å². The first-order chi connectivity index (χ1) is 12.1. The van der Waals surface area contributed by atoms with Gasteiger partial charge in [0.2, 0.25) is 0 Å². The van der Waals surface area contributed by atoms with Crippen LogP contribution in [0.5, 0.6) is 0 Å². The highest BCUT2D eigenvalue weighted by Crippen LogP contribution is 2.28. The van der Waals surface area contributed by atoms with Gasteiger partial charge in [-0.15, -0.1) is 24.0 Å². The zero-order valence-corrected chi connectivity index (χ0v) is 19.1. The van der Waals surface area contributed by atoms with Gasteiger partial charge in [0, 0.05) is 45.1 Å². The van der Waals surface area contributed by atoms with Crippen molar-refractivity contribution in [2.75, 3.05) is 32.8 Å². The van der Waals surface area contributed by atoms with Gasteiger partial charge >= 0.3 is 0 Å². The molecule has 150 valence electrons. The molecular weight excluding hydrogens is 441 g/mol. The van der Waals surface area contributed by atoms with Crippen LogP contribution in [0.4, 0.5) is 0 Å². The molecule has 1 aliphatic rings. The molecule has 2 N–H and O–H groups in total. The Balaban J connectivity index is 0.00000338. The number of aryl methyl sites for hydroxylation is 2. The first kappa shape index (κ1) is 23.2. The third kappa shape index (κ3) is 9.21. The number of halogens is 1. The molecule has 2 rings (SSSR count). The molecule has 6 nitrogen and oxygen atoms in total. The van der Waals surface area contributed by atoms with Crippen LogP contribution in [0.3, 0.4) is 0 Å². The highest BCUT2D eigenvalue weighted by atomic mass is 127. The largest absolute Gasteiger partial charge is 0.381 e. The second-order valence-electron chi connectivity index (χ2n) is 7.23. The van der Waals surface area contributed by atoms with E-state index < -0.39 is 0 Å². The summed E-state index contributed by atoms with van der Waals surface area (Å²) in [6, 6.07) is 2.12. The zero-order valence-electron chi connectivity index (χ0n) is 16.8. The third-order valence-electron chi connectivity index (χ3n) is 4.30. The molecule has 0 amide bonds. The van der Waals surface area contributed by atoms with Crippen molar-refractivity contribution >= 4 is 29.9 Å². The molecular formula is C19H36IN5O. The minimum absolute atomic E-state index is 0. The fourth-order valence-electron chi connectivity index (χ4n) is 2.72. The van der Waals surface area contributed by atoms with Gasteiger partial charge in [-0.1, -0.05) is 6.92 Å². The molecule has 1 aliphatic carbocycles. The predicted octanol–water partition coefficient (Wildman–Crippen LogP) is 3.13. The summed E-state index contributed by atoms with van der Waals surface area (Å²) in [7, 11) is 0. The molecule has 1 aromatic rings. The number of rotatable bonds is 11. The van der Waals surface area contributed by atoms with E-state index in [0.29, 0.717) is 5.92 Å². The van der Waals surface area contributed by atoms with Crippen LogP contribution in [-0.4, -0.2) is 48.6 Å². The zero-order chi connectivity index (χ0) is 18.1. The number of aliphatic imine (C=N–C) groups is 1. The molecule has 1 heterocycles. The average molecular weight is 477 g/mol. The van der Waals surface area contributed by atoms with Crippen molar-refractivity contribution in [2.45, 2.75) is 53.5 Å². The van der Waals surface area contributed by atoms with E-state index in [-0.39, 0.29) is 24.0 Å². The Kier molecular flexibility index (Phi) is 11.2. The summed E-state index contributed by atoms with van der Waals surface area (Å²) < 4.78 is 7.74. The van der Waals surface area contributed by atoms with E-state index in [1.54, 1.807) is 0 Å². The molecule has 1 atom stereocenters. The fourth-order valence-corrected chi connectivity index (χ4v) is 2.72. The van der Waals surface area contributed by atoms with Crippen LogP contribution in [0, 0.1) is 25.7 Å². The van der Waals surface area contributed by atoms with Gasteiger partial charge in [0.1, 0.15) is 0 Å². The maximum Gasteiger partial charge on any atom is 0.191 e. The van der Waals surface area contributed by atoms with E-state index in [4.69, 9.17) is 9.73 Å². The van der Waals surface area contributed by atoms with Crippen LogP contribution in [-0.2, 0) is 11.3 Å². The smallest absolute Gasteiger partial charge is 0.191 e. The highest BCUT2D eigenvalue weighted by Gasteiger charge is 2.20. The number of nitrogens with zero attached hydrogens (tertiary/aromatic N) is 3. The topological polar surface area (TPSA) is 63.5 Å². The molecule has 26 heavy (non-hydrogen) atoms. The van der Waals surface area contributed by atoms with Gasteiger partial charge in [0.05, 0.1) is 5.69 Å². The highest BCUT2D eigenvalue weighted by molar-refractivity contribution is 14.0. The minimum Gasteiger partial charge on any atom is -0.381 e. The molecule has 0 bridgehead atoms. The van der Waals surface area contributed by atoms with Gasteiger partial charge in [-0.3, -0.25) is 9.67 Å². The van der Waals surface area contributed by atoms with E-state index in [9.17, 15) is 0 Å². The summed E-state index contributed by atoms with van der Waals surface area (Å²) in [4.78, 5) is 4.71. The fraction of sp³-hybridized carbons (Fsp3) is 0.789. The van der Waals surface area contributed by atoms with Crippen molar-refractivity contribution in [1.29, 1.82) is 0 Å². The van der Waals surface area contributed by atoms with Gasteiger partial charge < -0.3 is 15.4 Å². The lowest BCUT2D eigenvalue weighted by molar-refractivity contribution is 0.123. The molecule has 1 fully saturated rings. The van der Waals surface area contributed by atoms with Gasteiger partial charge in [0.15, 0.2) is 5.96 Å². The van der Waals surface area contributed by atoms with Crippen LogP contribution < -0.4 is 10.6 Å². The molecule has 0 aliphatic heterocycles. The predicted molar refractivity (Wildman–Crippen MR) is 118 cm³/mol. The van der Waals surface area contributed by atoms with Gasteiger partial charge in [-0.25, -0.2) is 0 Å². The van der Waals surface area contributed by atoms with E-state index in [1.165, 1.54) is 18.5 Å². The maximum absolute atomic E-state index is 5.67. The van der Waals surface area contributed by atoms with E-state index in [0.717, 1.165) is 63.4 Å². The quantitative estimate of drug-likeness (QED) is 0.223. The lowest BCUT2D eigenvalue weighted by Crippen LogP contribution is -2.38. The van der Waals surface area contributed by atoms with E-state index in [1.807, 2.05) is 6.92 Å². The van der Waals surface area contributed by atoms with Gasteiger partial charge in [0.25, 0.3) is 0 Å². The molecule has 7 heteroatoms. The third-order valence-corrected chi connectivity index (χ3v) is 4.30. The van der Waals surface area contributed by atoms with Crippen LogP contribution in [0.25, 0.3) is 0 Å². The van der Waals surface area contributed by atoms with Crippen molar-refractivity contribution in [3.63, 3.8) is 0 Å². The SMILES string of the molecule is CCNC(=NCC(C)Cn1nc(C)cc1C)NCCCOCC1CC1.I. The molecule has 1 unspecified atom stereocenters. The Hall–Kier alpha value is -0.830. The summed E-state index contributed by atoms with van der Waals surface area (Å²) in [5, 5.41) is 11.2. The molecule has 0 radical (unpaired) electrons. The average Bonchev–Trinajstić information content (AvgIpc) is 3.33. The molecule has 1 saturated carbocycles. The van der Waals surface area contributed by atoms with Crippen LogP contribution >= 0.6 is 24.0 Å². The molecule has 0 spiro atoms. The Labute approximate surface area is 175 Å². The van der Waals surface area contributed by atoms with Gasteiger partial charge in [-0.2, -0.15) is 5.10 Å². The Bertz CT molecular complexity index is 542. The Morgan fingerprint density at radius 1 is 1.38 bits per heavy atom. The Morgan fingerprint density at radius 2 is 2.15 bits per heavy atom. The normalized spacial score (nSPS) is 15.5. The number of nitrogens with one attached hydrogen (secondary N) is 2. The lowest BCUT2D eigenvalue weighted by atomic mass is 10.2. The van der Waals surface area contributed by atoms with Crippen molar-refractivity contribution in [2.24, 2.45) is 16.8 Å². The van der Waals surface area contributed by atoms with Crippen LogP contribution in [0.1, 0.15) is 44.5 Å².